The van der Waals surface area contributed by atoms with E-state index < -0.39 is 0 Å². The van der Waals surface area contributed by atoms with E-state index in [9.17, 15) is 9.59 Å². The maximum absolute atomic E-state index is 12.1. The lowest BCUT2D eigenvalue weighted by Crippen LogP contribution is -2.30. The largest absolute Gasteiger partial charge is 0.482 e. The first-order chi connectivity index (χ1) is 11.1. The molecule has 1 fully saturated rings. The highest BCUT2D eigenvalue weighted by molar-refractivity contribution is 5.90. The van der Waals surface area contributed by atoms with Crippen molar-refractivity contribution in [3.05, 3.63) is 39.2 Å². The molecule has 0 N–H and O–H groups in total. The van der Waals surface area contributed by atoms with Crippen LogP contribution < -0.4 is 10.4 Å². The topological polar surface area (TPSA) is 56.5 Å². The number of ether oxygens (including phenoxy) is 1. The molecule has 0 spiro atoms. The van der Waals surface area contributed by atoms with Crippen LogP contribution in [0.15, 0.2) is 21.3 Å². The second-order valence-corrected chi connectivity index (χ2v) is 6.65. The molecule has 0 saturated heterocycles. The number of ketones is 1. The van der Waals surface area contributed by atoms with Crippen molar-refractivity contribution in [3.63, 3.8) is 0 Å². The Hall–Kier alpha value is -2.10. The maximum atomic E-state index is 12.1. The van der Waals surface area contributed by atoms with Crippen LogP contribution in [0.1, 0.15) is 48.8 Å². The van der Waals surface area contributed by atoms with Crippen molar-refractivity contribution in [2.75, 3.05) is 0 Å². The quantitative estimate of drug-likeness (QED) is 0.797. The zero-order chi connectivity index (χ0) is 16.0. The molecule has 1 aromatic carbocycles. The number of hydrogen-bond acceptors (Lipinski definition) is 4. The van der Waals surface area contributed by atoms with E-state index in [0.717, 1.165) is 60.6 Å². The summed E-state index contributed by atoms with van der Waals surface area (Å²) in [5.41, 5.74) is 3.15. The van der Waals surface area contributed by atoms with Crippen molar-refractivity contribution < 1.29 is 13.9 Å². The highest BCUT2D eigenvalue weighted by atomic mass is 16.5. The number of rotatable bonds is 2. The minimum Gasteiger partial charge on any atom is -0.482 e. The van der Waals surface area contributed by atoms with Crippen molar-refractivity contribution in [2.45, 2.75) is 58.0 Å². The van der Waals surface area contributed by atoms with Crippen molar-refractivity contribution in [3.8, 4) is 5.75 Å². The fraction of sp³-hybridized carbons (Fsp3) is 0.474. The van der Waals surface area contributed by atoms with Gasteiger partial charge in [0.05, 0.1) is 5.39 Å². The number of hydrogen-bond donors (Lipinski definition) is 0. The third kappa shape index (κ3) is 2.46. The van der Waals surface area contributed by atoms with Crippen LogP contribution in [0.4, 0.5) is 0 Å². The van der Waals surface area contributed by atoms with E-state index in [0.29, 0.717) is 17.8 Å². The third-order valence-corrected chi connectivity index (χ3v) is 4.95. The van der Waals surface area contributed by atoms with Gasteiger partial charge in [0.2, 0.25) is 0 Å². The number of benzene rings is 1. The summed E-state index contributed by atoms with van der Waals surface area (Å²) >= 11 is 0. The van der Waals surface area contributed by atoms with Crippen LogP contribution >= 0.6 is 0 Å². The lowest BCUT2D eigenvalue weighted by Gasteiger charge is -2.23. The van der Waals surface area contributed by atoms with E-state index in [1.54, 1.807) is 0 Å². The Labute approximate surface area is 134 Å². The fourth-order valence-corrected chi connectivity index (χ4v) is 3.83. The van der Waals surface area contributed by atoms with Gasteiger partial charge >= 0.3 is 5.63 Å². The Bertz CT molecular complexity index is 847. The zero-order valence-corrected chi connectivity index (χ0v) is 13.3. The third-order valence-electron chi connectivity index (χ3n) is 4.95. The highest BCUT2D eigenvalue weighted by Crippen LogP contribution is 2.36. The fourth-order valence-electron chi connectivity index (χ4n) is 3.83. The number of carbonyl (C=O) groups excluding carboxylic acids is 1. The van der Waals surface area contributed by atoms with Crippen LogP contribution in [0.3, 0.4) is 0 Å². The van der Waals surface area contributed by atoms with Gasteiger partial charge in [-0.1, -0.05) is 0 Å². The number of carbonyl (C=O) groups is 1. The molecule has 4 nitrogen and oxygen atoms in total. The standard InChI is InChI=1S/C19H20O4/c1-11-9-16(22-15-8-3-2-7-14(15)20)18-12-5-4-6-13(12)19(21)23-17(18)10-11/h9-10,15H,2-8H2,1H3/t15-/m1/s1. The lowest BCUT2D eigenvalue weighted by atomic mass is 9.96. The molecule has 1 saturated carbocycles. The molecule has 1 aromatic heterocycles. The van der Waals surface area contributed by atoms with E-state index >= 15 is 0 Å². The van der Waals surface area contributed by atoms with Gasteiger partial charge in [0.15, 0.2) is 11.9 Å². The Morgan fingerprint density at radius 3 is 2.70 bits per heavy atom. The van der Waals surface area contributed by atoms with Gasteiger partial charge < -0.3 is 9.15 Å². The molecule has 23 heavy (non-hydrogen) atoms. The van der Waals surface area contributed by atoms with Crippen molar-refractivity contribution in [2.24, 2.45) is 0 Å². The van der Waals surface area contributed by atoms with Gasteiger partial charge in [0, 0.05) is 12.0 Å². The van der Waals surface area contributed by atoms with Crippen molar-refractivity contribution >= 4 is 16.8 Å². The molecule has 0 aliphatic heterocycles. The monoisotopic (exact) mass is 312 g/mol. The molecule has 4 rings (SSSR count). The maximum Gasteiger partial charge on any atom is 0.339 e. The van der Waals surface area contributed by atoms with Crippen LogP contribution in [0, 0.1) is 6.92 Å². The van der Waals surface area contributed by atoms with Gasteiger partial charge in [-0.15, -0.1) is 0 Å². The molecule has 4 heteroatoms. The summed E-state index contributed by atoms with van der Waals surface area (Å²) in [6.07, 6.45) is 5.59. The van der Waals surface area contributed by atoms with E-state index in [4.69, 9.17) is 9.15 Å². The molecular formula is C19H20O4. The minimum atomic E-state index is -0.363. The highest BCUT2D eigenvalue weighted by Gasteiger charge is 2.27. The summed E-state index contributed by atoms with van der Waals surface area (Å²) in [6.45, 7) is 1.95. The summed E-state index contributed by atoms with van der Waals surface area (Å²) in [5.74, 6) is 0.877. The van der Waals surface area contributed by atoms with Gasteiger partial charge in [-0.25, -0.2) is 4.79 Å². The average Bonchev–Trinajstić information content (AvgIpc) is 2.99. The van der Waals surface area contributed by atoms with Gasteiger partial charge in [0.25, 0.3) is 0 Å². The zero-order valence-electron chi connectivity index (χ0n) is 13.3. The second-order valence-electron chi connectivity index (χ2n) is 6.65. The minimum absolute atomic E-state index is 0.180. The summed E-state index contributed by atoms with van der Waals surface area (Å²) in [6, 6.07) is 3.84. The van der Waals surface area contributed by atoms with Crippen molar-refractivity contribution in [1.82, 2.24) is 0 Å². The van der Waals surface area contributed by atoms with E-state index in [2.05, 4.69) is 0 Å². The Kier molecular flexibility index (Phi) is 3.47. The molecule has 2 aliphatic rings. The first-order valence-electron chi connectivity index (χ1n) is 8.42. The molecule has 1 atom stereocenters. The van der Waals surface area contributed by atoms with Crippen LogP contribution in [0.2, 0.25) is 0 Å². The lowest BCUT2D eigenvalue weighted by molar-refractivity contribution is -0.127. The van der Waals surface area contributed by atoms with E-state index in [1.165, 1.54) is 0 Å². The first kappa shape index (κ1) is 14.5. The van der Waals surface area contributed by atoms with Gasteiger partial charge in [-0.05, 0) is 68.7 Å². The summed E-state index contributed by atoms with van der Waals surface area (Å²) in [7, 11) is 0. The normalized spacial score (nSPS) is 20.7. The Morgan fingerprint density at radius 1 is 1.04 bits per heavy atom. The van der Waals surface area contributed by atoms with E-state index in [-0.39, 0.29) is 17.5 Å². The molecule has 0 unspecified atom stereocenters. The molecule has 1 heterocycles. The van der Waals surface area contributed by atoms with Crippen LogP contribution in [0.25, 0.3) is 11.0 Å². The van der Waals surface area contributed by atoms with Gasteiger partial charge in [-0.2, -0.15) is 0 Å². The molecule has 2 aliphatic carbocycles. The predicted molar refractivity (Wildman–Crippen MR) is 87.1 cm³/mol. The summed E-state index contributed by atoms with van der Waals surface area (Å²) in [5, 5.41) is 0.890. The average molecular weight is 312 g/mol. The first-order valence-corrected chi connectivity index (χ1v) is 8.42. The molecule has 120 valence electrons. The predicted octanol–water partition coefficient (Wildman–Crippen LogP) is 3.48. The molecule has 0 bridgehead atoms. The Balaban J connectivity index is 1.87. The van der Waals surface area contributed by atoms with Gasteiger partial charge in [0.1, 0.15) is 11.3 Å². The molecule has 2 aromatic rings. The number of Topliss-reactive ketones (excluding diaryl/α,β-unsaturated/α-hetero) is 1. The SMILES string of the molecule is Cc1cc(O[C@@H]2CCCCC2=O)c2c3c(c(=O)oc2c1)CCC3. The van der Waals surface area contributed by atoms with E-state index in [1.807, 2.05) is 19.1 Å². The number of fused-ring (bicyclic) bond motifs is 3. The van der Waals surface area contributed by atoms with Crippen molar-refractivity contribution in [1.29, 1.82) is 0 Å². The smallest absolute Gasteiger partial charge is 0.339 e. The summed E-state index contributed by atoms with van der Waals surface area (Å²) < 4.78 is 11.6. The molecule has 0 amide bonds. The number of aryl methyl sites for hydroxylation is 2. The van der Waals surface area contributed by atoms with Crippen LogP contribution in [0.5, 0.6) is 5.75 Å². The van der Waals surface area contributed by atoms with Gasteiger partial charge in [-0.3, -0.25) is 4.79 Å². The summed E-state index contributed by atoms with van der Waals surface area (Å²) in [4.78, 5) is 24.2. The molecule has 0 radical (unpaired) electrons. The second kappa shape index (κ2) is 5.52. The molecular weight excluding hydrogens is 292 g/mol. The Morgan fingerprint density at radius 2 is 1.87 bits per heavy atom. The van der Waals surface area contributed by atoms with Crippen LogP contribution in [-0.2, 0) is 17.6 Å². The van der Waals surface area contributed by atoms with Crippen LogP contribution in [-0.4, -0.2) is 11.9 Å².